The van der Waals surface area contributed by atoms with Gasteiger partial charge in [-0.2, -0.15) is 0 Å². The third-order valence-electron chi connectivity index (χ3n) is 1.26. The van der Waals surface area contributed by atoms with Gasteiger partial charge in [-0.15, -0.1) is 0 Å². The second-order valence-electron chi connectivity index (χ2n) is 1.92. The second kappa shape index (κ2) is 2.90. The molecular weight excluding hydrogens is 150 g/mol. The van der Waals surface area contributed by atoms with Crippen LogP contribution in [-0.2, 0) is 6.54 Å². The number of aromatic hydroxyl groups is 1. The summed E-state index contributed by atoms with van der Waals surface area (Å²) in [6.45, 7) is 0.0619. The lowest BCUT2D eigenvalue weighted by Gasteiger charge is -2.00. The van der Waals surface area contributed by atoms with Crippen molar-refractivity contribution in [3.63, 3.8) is 0 Å². The molecule has 0 unspecified atom stereocenters. The maximum absolute atomic E-state index is 9.15. The van der Waals surface area contributed by atoms with Crippen molar-refractivity contribution >= 4 is 11.6 Å². The molecule has 0 fully saturated rings. The molecule has 0 heterocycles. The number of para-hydroxylation sites is 1. The van der Waals surface area contributed by atoms with Crippen LogP contribution in [0.3, 0.4) is 0 Å². The van der Waals surface area contributed by atoms with Gasteiger partial charge in [0.15, 0.2) is 0 Å². The minimum absolute atomic E-state index is 0.0270. The largest absolute Gasteiger partial charge is 0.506 e. The summed E-state index contributed by atoms with van der Waals surface area (Å²) in [4.78, 5) is 0. The first kappa shape index (κ1) is 7.38. The number of benzene rings is 1. The van der Waals surface area contributed by atoms with E-state index in [1.807, 2.05) is 0 Å². The maximum atomic E-state index is 9.15. The summed E-state index contributed by atoms with van der Waals surface area (Å²) in [7, 11) is 0. The molecule has 10 heavy (non-hydrogen) atoms. The van der Waals surface area contributed by atoms with Gasteiger partial charge in [-0.3, -0.25) is 5.73 Å². The number of hydrogen-bond donors (Lipinski definition) is 1. The highest BCUT2D eigenvalue weighted by Gasteiger charge is 2.01. The molecule has 53 valence electrons. The zero-order valence-electron chi connectivity index (χ0n) is 5.26. The highest BCUT2D eigenvalue weighted by molar-refractivity contribution is 6.32. The lowest BCUT2D eigenvalue weighted by atomic mass is 10.2. The van der Waals surface area contributed by atoms with E-state index in [2.05, 4.69) is 0 Å². The molecule has 1 radical (unpaired) electrons. The molecular formula is C7H7ClNO. The van der Waals surface area contributed by atoms with Crippen LogP contribution in [0.25, 0.3) is 0 Å². The average molecular weight is 157 g/mol. The van der Waals surface area contributed by atoms with Crippen LogP contribution in [0, 0.1) is 0 Å². The molecule has 0 aromatic heterocycles. The van der Waals surface area contributed by atoms with Crippen LogP contribution in [0.15, 0.2) is 18.2 Å². The predicted molar refractivity (Wildman–Crippen MR) is 39.9 cm³/mol. The molecule has 0 aliphatic heterocycles. The van der Waals surface area contributed by atoms with Gasteiger partial charge < -0.3 is 5.11 Å². The minimum atomic E-state index is 0.0270. The van der Waals surface area contributed by atoms with E-state index in [0.29, 0.717) is 10.6 Å². The van der Waals surface area contributed by atoms with E-state index in [4.69, 9.17) is 22.4 Å². The lowest BCUT2D eigenvalue weighted by molar-refractivity contribution is 0.468. The summed E-state index contributed by atoms with van der Waals surface area (Å²) in [6, 6.07) is 4.98. The minimum Gasteiger partial charge on any atom is -0.506 e. The topological polar surface area (TPSA) is 44.0 Å². The molecule has 0 atom stereocenters. The Hall–Kier alpha value is -0.730. The first-order valence-corrected chi connectivity index (χ1v) is 3.24. The van der Waals surface area contributed by atoms with Crippen molar-refractivity contribution in [1.29, 1.82) is 0 Å². The molecule has 1 rings (SSSR count). The van der Waals surface area contributed by atoms with Crippen LogP contribution in [0.1, 0.15) is 5.56 Å². The summed E-state index contributed by atoms with van der Waals surface area (Å²) in [5.74, 6) is 0.0270. The fraction of sp³-hybridized carbons (Fsp3) is 0.143. The standard InChI is InChI=1S/C7H7ClNO/c8-6-3-1-2-5(4-9)7(6)10/h1-3,9-10H,4H2. The number of rotatable bonds is 1. The van der Waals surface area contributed by atoms with Crippen LogP contribution < -0.4 is 5.73 Å². The molecule has 0 bridgehead atoms. The van der Waals surface area contributed by atoms with Gasteiger partial charge in [0.25, 0.3) is 0 Å². The van der Waals surface area contributed by atoms with Crippen LogP contribution in [0.5, 0.6) is 5.75 Å². The Kier molecular flexibility index (Phi) is 2.14. The smallest absolute Gasteiger partial charge is 0.138 e. The maximum Gasteiger partial charge on any atom is 0.138 e. The zero-order valence-corrected chi connectivity index (χ0v) is 6.02. The third kappa shape index (κ3) is 1.23. The molecule has 1 aromatic rings. The highest BCUT2D eigenvalue weighted by Crippen LogP contribution is 2.26. The van der Waals surface area contributed by atoms with Crippen LogP contribution in [0.2, 0.25) is 5.02 Å². The second-order valence-corrected chi connectivity index (χ2v) is 2.33. The third-order valence-corrected chi connectivity index (χ3v) is 1.57. The summed E-state index contributed by atoms with van der Waals surface area (Å²) in [5, 5.41) is 9.46. The molecule has 0 spiro atoms. The van der Waals surface area contributed by atoms with Crippen molar-refractivity contribution in [1.82, 2.24) is 5.73 Å². The van der Waals surface area contributed by atoms with E-state index in [-0.39, 0.29) is 12.3 Å². The van der Waals surface area contributed by atoms with Crippen molar-refractivity contribution in [2.75, 3.05) is 0 Å². The molecule has 0 amide bonds. The van der Waals surface area contributed by atoms with Crippen molar-refractivity contribution in [2.45, 2.75) is 6.54 Å². The first-order valence-electron chi connectivity index (χ1n) is 2.86. The van der Waals surface area contributed by atoms with Crippen LogP contribution in [-0.4, -0.2) is 5.11 Å². The van der Waals surface area contributed by atoms with Gasteiger partial charge in [0.2, 0.25) is 0 Å². The first-order chi connectivity index (χ1) is 4.75. The molecule has 0 aliphatic carbocycles. The highest BCUT2D eigenvalue weighted by atomic mass is 35.5. The zero-order chi connectivity index (χ0) is 7.56. The summed E-state index contributed by atoms with van der Waals surface area (Å²) in [5.41, 5.74) is 7.53. The summed E-state index contributed by atoms with van der Waals surface area (Å²) in [6.07, 6.45) is 0. The van der Waals surface area contributed by atoms with E-state index < -0.39 is 0 Å². The number of phenolic OH excluding ortho intramolecular Hbond substituents is 1. The van der Waals surface area contributed by atoms with Crippen LogP contribution >= 0.6 is 11.6 Å². The van der Waals surface area contributed by atoms with Crippen molar-refractivity contribution in [3.8, 4) is 5.75 Å². The molecule has 0 saturated carbocycles. The van der Waals surface area contributed by atoms with Crippen LogP contribution in [0.4, 0.5) is 0 Å². The van der Waals surface area contributed by atoms with E-state index >= 15 is 0 Å². The number of phenols is 1. The quantitative estimate of drug-likeness (QED) is 0.663. The van der Waals surface area contributed by atoms with E-state index in [1.54, 1.807) is 18.2 Å². The van der Waals surface area contributed by atoms with Gasteiger partial charge in [-0.1, -0.05) is 23.7 Å². The monoisotopic (exact) mass is 156 g/mol. The van der Waals surface area contributed by atoms with Crippen molar-refractivity contribution < 1.29 is 5.11 Å². The average Bonchev–Trinajstić information content (AvgIpc) is 1.95. The van der Waals surface area contributed by atoms with E-state index in [0.717, 1.165) is 0 Å². The Morgan fingerprint density at radius 1 is 1.50 bits per heavy atom. The Bertz CT molecular complexity index is 237. The van der Waals surface area contributed by atoms with Gasteiger partial charge >= 0.3 is 0 Å². The number of nitrogens with one attached hydrogen (secondary N) is 1. The Morgan fingerprint density at radius 3 is 2.70 bits per heavy atom. The van der Waals surface area contributed by atoms with Gasteiger partial charge in [-0.05, 0) is 6.07 Å². The Balaban J connectivity index is 3.14. The molecule has 1 aromatic carbocycles. The summed E-state index contributed by atoms with van der Waals surface area (Å²) >= 11 is 5.56. The SMILES string of the molecule is [NH]Cc1cccc(Cl)c1O. The van der Waals surface area contributed by atoms with Crippen molar-refractivity contribution in [3.05, 3.63) is 28.8 Å². The molecule has 0 aliphatic rings. The van der Waals surface area contributed by atoms with Gasteiger partial charge in [-0.25, -0.2) is 0 Å². The van der Waals surface area contributed by atoms with Gasteiger partial charge in [0, 0.05) is 12.1 Å². The van der Waals surface area contributed by atoms with Gasteiger partial charge in [0.05, 0.1) is 5.02 Å². The van der Waals surface area contributed by atoms with Gasteiger partial charge in [0.1, 0.15) is 5.75 Å². The predicted octanol–water partition coefficient (Wildman–Crippen LogP) is 1.83. The molecule has 2 nitrogen and oxygen atoms in total. The fourth-order valence-corrected chi connectivity index (χ4v) is 0.897. The van der Waals surface area contributed by atoms with Crippen molar-refractivity contribution in [2.24, 2.45) is 0 Å². The lowest BCUT2D eigenvalue weighted by Crippen LogP contribution is -1.84. The fourth-order valence-electron chi connectivity index (χ4n) is 0.703. The normalized spacial score (nSPS) is 9.80. The Labute approximate surface area is 64.2 Å². The molecule has 0 saturated heterocycles. The molecule has 3 heteroatoms. The number of hydrogen-bond acceptors (Lipinski definition) is 1. The summed E-state index contributed by atoms with van der Waals surface area (Å²) < 4.78 is 0. The van der Waals surface area contributed by atoms with E-state index in [1.165, 1.54) is 0 Å². The Morgan fingerprint density at radius 2 is 2.20 bits per heavy atom. The molecule has 2 N–H and O–H groups in total. The number of halogens is 1. The van der Waals surface area contributed by atoms with E-state index in [9.17, 15) is 0 Å².